The molecule has 1 saturated heterocycles. The van der Waals surface area contributed by atoms with E-state index in [1.165, 1.54) is 28.7 Å². The van der Waals surface area contributed by atoms with E-state index in [1.54, 1.807) is 6.07 Å². The Morgan fingerprint density at radius 3 is 3.00 bits per heavy atom. The van der Waals surface area contributed by atoms with Gasteiger partial charge in [-0.15, -0.1) is 0 Å². The van der Waals surface area contributed by atoms with E-state index < -0.39 is 18.0 Å². The zero-order chi connectivity index (χ0) is 15.5. The van der Waals surface area contributed by atoms with E-state index in [0.717, 1.165) is 6.34 Å². The predicted octanol–water partition coefficient (Wildman–Crippen LogP) is -1.62. The maximum atomic E-state index is 14.0. The summed E-state index contributed by atoms with van der Waals surface area (Å²) in [5.74, 6) is -0.488. The lowest BCUT2D eigenvalue weighted by Gasteiger charge is -2.21. The highest BCUT2D eigenvalue weighted by atomic mass is 19.1. The molecule has 0 amide bonds. The largest absolute Gasteiger partial charge is 0.351 e. The van der Waals surface area contributed by atoms with Gasteiger partial charge in [0.25, 0.3) is 0 Å². The molecule has 2 rings (SSSR count). The number of anilines is 1. The third kappa shape index (κ3) is 3.40. The van der Waals surface area contributed by atoms with Gasteiger partial charge in [-0.3, -0.25) is 10.7 Å². The van der Waals surface area contributed by atoms with Crippen LogP contribution < -0.4 is 21.7 Å². The molecule has 8 N–H and O–H groups in total. The molecule has 2 atom stereocenters. The molecule has 1 aromatic rings. The first-order valence-corrected chi connectivity index (χ1v) is 6.25. The number of nitrogens with zero attached hydrogens (tertiary/aromatic N) is 2. The predicted molar refractivity (Wildman–Crippen MR) is 75.7 cm³/mol. The van der Waals surface area contributed by atoms with Gasteiger partial charge in [-0.25, -0.2) is 4.39 Å². The minimum absolute atomic E-state index is 0.0367. The summed E-state index contributed by atoms with van der Waals surface area (Å²) >= 11 is 0. The van der Waals surface area contributed by atoms with Crippen LogP contribution in [0.5, 0.6) is 0 Å². The molecule has 114 valence electrons. The molecule has 8 nitrogen and oxygen atoms in total. The van der Waals surface area contributed by atoms with E-state index in [1.807, 2.05) is 0 Å². The number of hydrogen-bond donors (Lipinski definition) is 5. The van der Waals surface area contributed by atoms with Gasteiger partial charge in [-0.1, -0.05) is 0 Å². The zero-order valence-corrected chi connectivity index (χ0v) is 11.2. The number of quaternary nitrogens is 1. The standard InChI is InChI=1S/C12H17FN6O2/c13-9-3-8(1-2-10(9)18-7-17-6-15)19-5-12(16,4-14)21-11(19)20/h1-3,6-7,11,20H,4-5,14,16H2,(H2,15,17,18)/p+1. The van der Waals surface area contributed by atoms with Gasteiger partial charge in [0.2, 0.25) is 6.41 Å². The van der Waals surface area contributed by atoms with Gasteiger partial charge in [0.15, 0.2) is 23.6 Å². The summed E-state index contributed by atoms with van der Waals surface area (Å²) in [7, 11) is 0. The Kier molecular flexibility index (Phi) is 4.60. The second-order valence-electron chi connectivity index (χ2n) is 4.64. The van der Waals surface area contributed by atoms with E-state index in [2.05, 4.69) is 4.99 Å². The lowest BCUT2D eigenvalue weighted by molar-refractivity contribution is -0.435. The molecule has 9 heteroatoms. The fraction of sp³-hybridized carbons (Fsp3) is 0.333. The molecule has 1 aliphatic rings. The normalized spacial score (nSPS) is 25.7. The Morgan fingerprint density at radius 2 is 2.43 bits per heavy atom. The molecule has 0 aromatic heterocycles. The summed E-state index contributed by atoms with van der Waals surface area (Å²) in [6.07, 6.45) is 0.902. The first-order chi connectivity index (χ1) is 9.99. The first-order valence-electron chi connectivity index (χ1n) is 6.25. The molecule has 0 bridgehead atoms. The average molecular weight is 297 g/mol. The van der Waals surface area contributed by atoms with Crippen LogP contribution in [0.4, 0.5) is 15.8 Å². The molecular formula is C12H18FN6O2+. The van der Waals surface area contributed by atoms with Gasteiger partial charge in [-0.05, 0) is 6.07 Å². The van der Waals surface area contributed by atoms with Crippen LogP contribution in [0.25, 0.3) is 0 Å². The minimum Gasteiger partial charge on any atom is -0.351 e. The molecular weight excluding hydrogens is 279 g/mol. The maximum Gasteiger partial charge on any atom is 0.239 e. The van der Waals surface area contributed by atoms with Gasteiger partial charge in [0.05, 0.1) is 6.54 Å². The van der Waals surface area contributed by atoms with Crippen LogP contribution in [-0.4, -0.2) is 43.0 Å². The fourth-order valence-corrected chi connectivity index (χ4v) is 2.00. The molecule has 1 heterocycles. The van der Waals surface area contributed by atoms with E-state index in [9.17, 15) is 9.50 Å². The minimum atomic E-state index is -1.27. The number of nitrogens with two attached hydrogens (primary N) is 3. The molecule has 0 aliphatic carbocycles. The molecule has 0 saturated carbocycles. The average Bonchev–Trinajstić information content (AvgIpc) is 2.77. The number of ether oxygens (including phenoxy) is 1. The van der Waals surface area contributed by atoms with Crippen LogP contribution in [0.3, 0.4) is 0 Å². The van der Waals surface area contributed by atoms with Gasteiger partial charge in [0.1, 0.15) is 6.34 Å². The van der Waals surface area contributed by atoms with Crippen molar-refractivity contribution in [2.45, 2.75) is 12.1 Å². The number of hydrogen-bond acceptors (Lipinski definition) is 6. The van der Waals surface area contributed by atoms with Crippen molar-refractivity contribution in [2.24, 2.45) is 16.5 Å². The Hall–Kier alpha value is -1.91. The number of aliphatic imine (C=N–C) groups is 1. The zero-order valence-electron chi connectivity index (χ0n) is 11.2. The Morgan fingerprint density at radius 1 is 1.67 bits per heavy atom. The molecule has 1 aromatic carbocycles. The lowest BCUT2D eigenvalue weighted by atomic mass is 10.2. The fourth-order valence-electron chi connectivity index (χ4n) is 2.00. The van der Waals surface area contributed by atoms with Crippen LogP contribution >= 0.6 is 0 Å². The number of benzene rings is 1. The van der Waals surface area contributed by atoms with E-state index >= 15 is 0 Å². The van der Waals surface area contributed by atoms with Crippen molar-refractivity contribution in [1.82, 2.24) is 0 Å². The second kappa shape index (κ2) is 6.24. The van der Waals surface area contributed by atoms with Crippen molar-refractivity contribution in [3.05, 3.63) is 24.0 Å². The molecule has 1 fully saturated rings. The van der Waals surface area contributed by atoms with Crippen LogP contribution in [0, 0.1) is 11.2 Å². The van der Waals surface area contributed by atoms with Crippen molar-refractivity contribution < 1.29 is 19.6 Å². The lowest BCUT2D eigenvalue weighted by Crippen LogP contribution is -2.76. The van der Waals surface area contributed by atoms with Crippen molar-refractivity contribution in [3.63, 3.8) is 0 Å². The Labute approximate surface area is 120 Å². The van der Waals surface area contributed by atoms with Crippen molar-refractivity contribution in [1.29, 1.82) is 5.41 Å². The second-order valence-corrected chi connectivity index (χ2v) is 4.64. The van der Waals surface area contributed by atoms with Crippen LogP contribution in [0.2, 0.25) is 0 Å². The highest BCUT2D eigenvalue weighted by Gasteiger charge is 2.41. The highest BCUT2D eigenvalue weighted by Crippen LogP contribution is 2.28. The first kappa shape index (κ1) is 15.5. The summed E-state index contributed by atoms with van der Waals surface area (Å²) in [4.78, 5) is 4.97. The SMILES string of the molecule is N=CN=C[NH2+]c1ccc(N2CC(N)(CN)OC2O)cc1F. The summed E-state index contributed by atoms with van der Waals surface area (Å²) < 4.78 is 19.1. The summed E-state index contributed by atoms with van der Waals surface area (Å²) in [5.41, 5.74) is 10.9. The van der Waals surface area contributed by atoms with Crippen molar-refractivity contribution >= 4 is 24.1 Å². The van der Waals surface area contributed by atoms with E-state index in [4.69, 9.17) is 21.6 Å². The highest BCUT2D eigenvalue weighted by molar-refractivity contribution is 5.65. The molecule has 1 aliphatic heterocycles. The molecule has 2 unspecified atom stereocenters. The summed E-state index contributed by atoms with van der Waals surface area (Å²) in [5, 5.41) is 18.0. The van der Waals surface area contributed by atoms with Gasteiger partial charge in [-0.2, -0.15) is 4.99 Å². The third-order valence-corrected chi connectivity index (χ3v) is 3.12. The monoisotopic (exact) mass is 297 g/mol. The van der Waals surface area contributed by atoms with Gasteiger partial charge in [0, 0.05) is 24.4 Å². The number of aliphatic hydroxyl groups excluding tert-OH is 1. The number of aliphatic hydroxyl groups is 1. The van der Waals surface area contributed by atoms with Gasteiger partial charge < -0.3 is 26.2 Å². The van der Waals surface area contributed by atoms with Crippen molar-refractivity contribution in [3.8, 4) is 0 Å². The van der Waals surface area contributed by atoms with Crippen LogP contribution in [-0.2, 0) is 4.74 Å². The number of nitrogens with one attached hydrogen (secondary N) is 1. The van der Waals surface area contributed by atoms with Crippen molar-refractivity contribution in [2.75, 3.05) is 18.0 Å². The molecule has 0 radical (unpaired) electrons. The smallest absolute Gasteiger partial charge is 0.239 e. The van der Waals surface area contributed by atoms with E-state index in [-0.39, 0.29) is 13.1 Å². The number of halogens is 1. The summed E-state index contributed by atoms with van der Waals surface area (Å²) in [6, 6.07) is 4.42. The topological polar surface area (TPSA) is 138 Å². The number of rotatable bonds is 5. The Balaban J connectivity index is 2.17. The third-order valence-electron chi connectivity index (χ3n) is 3.12. The molecule has 0 spiro atoms. The van der Waals surface area contributed by atoms with Crippen LogP contribution in [0.15, 0.2) is 23.2 Å². The quantitative estimate of drug-likeness (QED) is 0.253. The Bertz CT molecular complexity index is 555. The summed E-state index contributed by atoms with van der Waals surface area (Å²) in [6.45, 7) is 0.192. The maximum absolute atomic E-state index is 14.0. The van der Waals surface area contributed by atoms with Crippen LogP contribution in [0.1, 0.15) is 0 Å². The van der Waals surface area contributed by atoms with Gasteiger partial charge >= 0.3 is 0 Å². The molecule has 21 heavy (non-hydrogen) atoms. The van der Waals surface area contributed by atoms with E-state index in [0.29, 0.717) is 11.4 Å².